The highest BCUT2D eigenvalue weighted by Crippen LogP contribution is 2.32. The topological polar surface area (TPSA) is 60.9 Å². The number of aliphatic hydroxyl groups is 1. The smallest absolute Gasteiger partial charge is 0.0843 e. The summed E-state index contributed by atoms with van der Waals surface area (Å²) in [5.74, 6) is 6.04. The van der Waals surface area contributed by atoms with Gasteiger partial charge in [-0.1, -0.05) is 11.8 Å². The van der Waals surface area contributed by atoms with Crippen LogP contribution in [0.3, 0.4) is 0 Å². The number of pyridine rings is 1. The van der Waals surface area contributed by atoms with Crippen molar-refractivity contribution >= 4 is 43.8 Å². The fourth-order valence-electron chi connectivity index (χ4n) is 2.59. The van der Waals surface area contributed by atoms with Gasteiger partial charge in [0.1, 0.15) is 0 Å². The number of nitrogens with zero attached hydrogens (tertiary/aromatic N) is 1. The van der Waals surface area contributed by atoms with Gasteiger partial charge in [0.2, 0.25) is 0 Å². The summed E-state index contributed by atoms with van der Waals surface area (Å²) in [6, 6.07) is 12.3. The number of aromatic nitrogens is 2. The van der Waals surface area contributed by atoms with E-state index in [1.165, 1.54) is 5.39 Å². The van der Waals surface area contributed by atoms with E-state index >= 15 is 0 Å². The molecule has 0 atom stereocenters. The van der Waals surface area contributed by atoms with Crippen molar-refractivity contribution in [1.82, 2.24) is 9.97 Å². The van der Waals surface area contributed by atoms with Gasteiger partial charge in [0.25, 0.3) is 0 Å². The van der Waals surface area contributed by atoms with Crippen LogP contribution in [0, 0.1) is 11.8 Å². The summed E-state index contributed by atoms with van der Waals surface area (Å²) in [5.41, 5.74) is 4.12. The van der Waals surface area contributed by atoms with Gasteiger partial charge in [-0.25, -0.2) is 0 Å². The van der Waals surface area contributed by atoms with Crippen molar-refractivity contribution in [3.63, 3.8) is 0 Å². The zero-order chi connectivity index (χ0) is 16.4. The Balaban J connectivity index is 1.69. The lowest BCUT2D eigenvalue weighted by Gasteiger charge is -2.07. The van der Waals surface area contributed by atoms with E-state index in [0.29, 0.717) is 6.42 Å². The van der Waals surface area contributed by atoms with E-state index in [1.54, 1.807) is 17.5 Å². The Hall–Kier alpha value is -2.81. The average molecular weight is 333 g/mol. The lowest BCUT2D eigenvalue weighted by atomic mass is 10.2. The molecular formula is C19H15N3OS. The van der Waals surface area contributed by atoms with Gasteiger partial charge in [0, 0.05) is 35.4 Å². The molecule has 3 heterocycles. The molecule has 0 aliphatic heterocycles. The van der Waals surface area contributed by atoms with E-state index in [1.807, 2.05) is 18.3 Å². The molecule has 0 spiro atoms. The second kappa shape index (κ2) is 6.36. The standard InChI is InChI=1S/C19H15N3OS/c23-10-2-1-3-15-12-18-19(24-15)17(7-9-21-18)22-14-4-5-16-13(11-14)6-8-20-16/h4-9,11-12,20,23H,2,10H2,(H,21,22). The monoisotopic (exact) mass is 333 g/mol. The Bertz CT molecular complexity index is 1070. The van der Waals surface area contributed by atoms with Crippen molar-refractivity contribution in [2.24, 2.45) is 0 Å². The average Bonchev–Trinajstić information content (AvgIpc) is 3.21. The van der Waals surface area contributed by atoms with Gasteiger partial charge >= 0.3 is 0 Å². The number of benzene rings is 1. The molecule has 4 rings (SSSR count). The zero-order valence-electron chi connectivity index (χ0n) is 12.8. The first kappa shape index (κ1) is 14.8. The van der Waals surface area contributed by atoms with Gasteiger partial charge in [-0.15, -0.1) is 11.3 Å². The Morgan fingerprint density at radius 3 is 3.08 bits per heavy atom. The number of H-pyrrole nitrogens is 1. The molecule has 0 unspecified atom stereocenters. The van der Waals surface area contributed by atoms with Gasteiger partial charge in [0.05, 0.1) is 27.4 Å². The largest absolute Gasteiger partial charge is 0.395 e. The van der Waals surface area contributed by atoms with Gasteiger partial charge in [0.15, 0.2) is 0 Å². The molecule has 0 saturated heterocycles. The van der Waals surface area contributed by atoms with E-state index in [9.17, 15) is 0 Å². The number of aliphatic hydroxyl groups excluding tert-OH is 1. The van der Waals surface area contributed by atoms with Crippen molar-refractivity contribution < 1.29 is 5.11 Å². The van der Waals surface area contributed by atoms with Crippen molar-refractivity contribution in [1.29, 1.82) is 0 Å². The van der Waals surface area contributed by atoms with Crippen LogP contribution in [0.4, 0.5) is 11.4 Å². The lowest BCUT2D eigenvalue weighted by molar-refractivity contribution is 0.305. The number of thiophene rings is 1. The highest BCUT2D eigenvalue weighted by Gasteiger charge is 2.07. The Morgan fingerprint density at radius 1 is 1.21 bits per heavy atom. The molecule has 3 aromatic heterocycles. The molecule has 0 aliphatic carbocycles. The quantitative estimate of drug-likeness (QED) is 0.491. The first-order chi connectivity index (χ1) is 11.8. The third-order valence-corrected chi connectivity index (χ3v) is 4.77. The summed E-state index contributed by atoms with van der Waals surface area (Å²) in [6.45, 7) is 0.0879. The van der Waals surface area contributed by atoms with Gasteiger partial charge in [-0.2, -0.15) is 0 Å². The molecule has 4 aromatic rings. The summed E-state index contributed by atoms with van der Waals surface area (Å²) in [5, 5.41) is 13.5. The number of anilines is 2. The fraction of sp³-hybridized carbons (Fsp3) is 0.105. The molecular weight excluding hydrogens is 318 g/mol. The van der Waals surface area contributed by atoms with Crippen LogP contribution in [0.5, 0.6) is 0 Å². The summed E-state index contributed by atoms with van der Waals surface area (Å²) in [4.78, 5) is 8.58. The van der Waals surface area contributed by atoms with E-state index in [0.717, 1.165) is 32.0 Å². The lowest BCUT2D eigenvalue weighted by Crippen LogP contribution is -1.90. The van der Waals surface area contributed by atoms with Gasteiger partial charge in [-0.3, -0.25) is 4.98 Å². The normalized spacial score (nSPS) is 10.7. The first-order valence-corrected chi connectivity index (χ1v) is 8.47. The van der Waals surface area contributed by atoms with Crippen LogP contribution in [-0.4, -0.2) is 21.7 Å². The summed E-state index contributed by atoms with van der Waals surface area (Å²) < 4.78 is 1.08. The second-order valence-electron chi connectivity index (χ2n) is 5.36. The minimum atomic E-state index is 0.0879. The van der Waals surface area contributed by atoms with Crippen LogP contribution in [0.2, 0.25) is 0 Å². The minimum Gasteiger partial charge on any atom is -0.395 e. The molecule has 1 aromatic carbocycles. The van der Waals surface area contributed by atoms with E-state index < -0.39 is 0 Å². The van der Waals surface area contributed by atoms with Crippen molar-refractivity contribution in [3.8, 4) is 11.8 Å². The van der Waals surface area contributed by atoms with E-state index in [2.05, 4.69) is 51.4 Å². The maximum absolute atomic E-state index is 8.83. The Kier molecular flexibility index (Phi) is 3.91. The van der Waals surface area contributed by atoms with Gasteiger partial charge < -0.3 is 15.4 Å². The number of hydrogen-bond donors (Lipinski definition) is 3. The zero-order valence-corrected chi connectivity index (χ0v) is 13.7. The number of aromatic amines is 1. The number of hydrogen-bond acceptors (Lipinski definition) is 4. The first-order valence-electron chi connectivity index (χ1n) is 7.66. The maximum atomic E-state index is 8.83. The molecule has 0 amide bonds. The Morgan fingerprint density at radius 2 is 2.17 bits per heavy atom. The van der Waals surface area contributed by atoms with Crippen LogP contribution < -0.4 is 5.32 Å². The molecule has 5 heteroatoms. The van der Waals surface area contributed by atoms with E-state index in [4.69, 9.17) is 5.11 Å². The van der Waals surface area contributed by atoms with Crippen molar-refractivity contribution in [2.45, 2.75) is 6.42 Å². The molecule has 0 fully saturated rings. The van der Waals surface area contributed by atoms with Crippen molar-refractivity contribution in [3.05, 3.63) is 53.7 Å². The van der Waals surface area contributed by atoms with E-state index in [-0.39, 0.29) is 6.61 Å². The predicted octanol–water partition coefficient (Wildman–Crippen LogP) is 4.26. The summed E-state index contributed by atoms with van der Waals surface area (Å²) in [6.07, 6.45) is 4.23. The molecule has 0 aliphatic rings. The molecule has 0 saturated carbocycles. The van der Waals surface area contributed by atoms with Crippen molar-refractivity contribution in [2.75, 3.05) is 11.9 Å². The summed E-state index contributed by atoms with van der Waals surface area (Å²) >= 11 is 1.61. The summed E-state index contributed by atoms with van der Waals surface area (Å²) in [7, 11) is 0. The maximum Gasteiger partial charge on any atom is 0.0843 e. The van der Waals surface area contributed by atoms with Crippen LogP contribution in [0.25, 0.3) is 21.1 Å². The van der Waals surface area contributed by atoms with Gasteiger partial charge in [-0.05, 0) is 36.4 Å². The number of fused-ring (bicyclic) bond motifs is 2. The number of rotatable bonds is 3. The predicted molar refractivity (Wildman–Crippen MR) is 99.8 cm³/mol. The van der Waals surface area contributed by atoms with Crippen LogP contribution >= 0.6 is 11.3 Å². The highest BCUT2D eigenvalue weighted by molar-refractivity contribution is 7.20. The van der Waals surface area contributed by atoms with Crippen LogP contribution in [0.1, 0.15) is 11.3 Å². The SMILES string of the molecule is OCCC#Cc1cc2nccc(Nc3ccc4[nH]ccc4c3)c2s1. The number of nitrogens with one attached hydrogen (secondary N) is 2. The Labute approximate surface area is 143 Å². The minimum absolute atomic E-state index is 0.0879. The third kappa shape index (κ3) is 2.85. The molecule has 118 valence electrons. The molecule has 0 radical (unpaired) electrons. The highest BCUT2D eigenvalue weighted by atomic mass is 32.1. The molecule has 0 bridgehead atoms. The second-order valence-corrected chi connectivity index (χ2v) is 6.42. The molecule has 3 N–H and O–H groups in total. The van der Waals surface area contributed by atoms with Crippen LogP contribution in [-0.2, 0) is 0 Å². The van der Waals surface area contributed by atoms with Crippen LogP contribution in [0.15, 0.2) is 48.8 Å². The molecule has 24 heavy (non-hydrogen) atoms. The third-order valence-electron chi connectivity index (χ3n) is 3.69. The molecule has 4 nitrogen and oxygen atoms in total. The fourth-order valence-corrected chi connectivity index (χ4v) is 3.55.